The third kappa shape index (κ3) is 4.55. The van der Waals surface area contributed by atoms with Crippen molar-refractivity contribution in [3.63, 3.8) is 0 Å². The van der Waals surface area contributed by atoms with Crippen LogP contribution in [0, 0.1) is 5.82 Å². The minimum Gasteiger partial charge on any atom is -0.497 e. The Hall–Kier alpha value is -3.39. The second-order valence-corrected chi connectivity index (χ2v) is 6.23. The molecule has 0 aliphatic heterocycles. The molecule has 29 heavy (non-hydrogen) atoms. The lowest BCUT2D eigenvalue weighted by Gasteiger charge is -2.22. The first-order valence-electron chi connectivity index (χ1n) is 8.99. The first kappa shape index (κ1) is 20.3. The van der Waals surface area contributed by atoms with Gasteiger partial charge in [0.2, 0.25) is 0 Å². The van der Waals surface area contributed by atoms with E-state index in [9.17, 15) is 14.3 Å². The molecule has 0 atom stereocenters. The number of aliphatic hydroxyl groups excluding tert-OH is 1. The number of ether oxygens (including phenoxy) is 2. The van der Waals surface area contributed by atoms with E-state index in [1.54, 1.807) is 43.5 Å². The van der Waals surface area contributed by atoms with Crippen LogP contribution in [0.25, 0.3) is 5.69 Å². The Balaban J connectivity index is 1.85. The third-order valence-corrected chi connectivity index (χ3v) is 4.42. The van der Waals surface area contributed by atoms with Crippen LogP contribution in [0.4, 0.5) is 4.39 Å². The minimum atomic E-state index is -0.440. The summed E-state index contributed by atoms with van der Waals surface area (Å²) in [6.45, 7) is 0.109. The quantitative estimate of drug-likeness (QED) is 0.630. The van der Waals surface area contributed by atoms with Crippen molar-refractivity contribution in [3.05, 3.63) is 71.8 Å². The average Bonchev–Trinajstić information content (AvgIpc) is 3.23. The van der Waals surface area contributed by atoms with Gasteiger partial charge in [0, 0.05) is 30.9 Å². The molecule has 7 nitrogen and oxygen atoms in total. The summed E-state index contributed by atoms with van der Waals surface area (Å²) in [7, 11) is 3.09. The molecule has 0 radical (unpaired) electrons. The summed E-state index contributed by atoms with van der Waals surface area (Å²) in [5.41, 5.74) is 1.15. The molecular formula is C21H22FN3O4. The van der Waals surface area contributed by atoms with Crippen molar-refractivity contribution >= 4 is 5.91 Å². The van der Waals surface area contributed by atoms with Crippen molar-refractivity contribution < 1.29 is 23.8 Å². The number of methoxy groups -OCH3 is 2. The van der Waals surface area contributed by atoms with Crippen molar-refractivity contribution in [3.8, 4) is 17.2 Å². The Morgan fingerprint density at radius 2 is 1.97 bits per heavy atom. The average molecular weight is 399 g/mol. The standard InChI is InChI=1S/C21H22FN3O4/c1-28-16-8-7-15(20(13-16)29-2)14-24(11-12-26)21(27)18-9-10-25(23-18)19-6-4-3-5-17(19)22/h3-10,13,26H,11-12,14H2,1-2H3. The zero-order valence-electron chi connectivity index (χ0n) is 16.2. The lowest BCUT2D eigenvalue weighted by molar-refractivity contribution is 0.0700. The van der Waals surface area contributed by atoms with Crippen molar-refractivity contribution in [2.75, 3.05) is 27.4 Å². The number of aromatic nitrogens is 2. The van der Waals surface area contributed by atoms with Crippen molar-refractivity contribution in [2.45, 2.75) is 6.54 Å². The number of para-hydroxylation sites is 1. The van der Waals surface area contributed by atoms with E-state index in [-0.39, 0.29) is 37.0 Å². The van der Waals surface area contributed by atoms with Gasteiger partial charge in [-0.05, 0) is 30.3 Å². The summed E-state index contributed by atoms with van der Waals surface area (Å²) in [4.78, 5) is 14.4. The van der Waals surface area contributed by atoms with E-state index in [4.69, 9.17) is 9.47 Å². The number of aliphatic hydroxyl groups is 1. The molecule has 8 heteroatoms. The SMILES string of the molecule is COc1ccc(CN(CCO)C(=O)c2ccn(-c3ccccc3F)n2)c(OC)c1. The fourth-order valence-corrected chi connectivity index (χ4v) is 2.93. The number of hydrogen-bond acceptors (Lipinski definition) is 5. The van der Waals surface area contributed by atoms with Gasteiger partial charge >= 0.3 is 0 Å². The minimum absolute atomic E-state index is 0.112. The Morgan fingerprint density at radius 1 is 1.17 bits per heavy atom. The zero-order valence-corrected chi connectivity index (χ0v) is 16.2. The number of amides is 1. The normalized spacial score (nSPS) is 10.6. The van der Waals surface area contributed by atoms with Crippen LogP contribution in [0.1, 0.15) is 16.1 Å². The molecule has 0 aliphatic rings. The molecule has 0 spiro atoms. The molecule has 0 bridgehead atoms. The van der Waals surface area contributed by atoms with Gasteiger partial charge in [-0.15, -0.1) is 0 Å². The highest BCUT2D eigenvalue weighted by atomic mass is 19.1. The van der Waals surface area contributed by atoms with Gasteiger partial charge in [-0.2, -0.15) is 5.10 Å². The summed E-state index contributed by atoms with van der Waals surface area (Å²) in [6, 6.07) is 13.0. The Bertz CT molecular complexity index is 990. The number of carbonyl (C=O) groups excluding carboxylic acids is 1. The number of hydrogen-bond donors (Lipinski definition) is 1. The molecular weight excluding hydrogens is 377 g/mol. The van der Waals surface area contributed by atoms with Crippen LogP contribution < -0.4 is 9.47 Å². The summed E-state index contributed by atoms with van der Waals surface area (Å²) in [5.74, 6) is 0.378. The van der Waals surface area contributed by atoms with Crippen LogP contribution in [-0.2, 0) is 6.54 Å². The zero-order chi connectivity index (χ0) is 20.8. The second-order valence-electron chi connectivity index (χ2n) is 6.23. The predicted octanol–water partition coefficient (Wildman–Crippen LogP) is 2.66. The van der Waals surface area contributed by atoms with E-state index in [0.717, 1.165) is 5.56 Å². The molecule has 0 saturated carbocycles. The Kier molecular flexibility index (Phi) is 6.46. The maximum Gasteiger partial charge on any atom is 0.274 e. The summed E-state index contributed by atoms with van der Waals surface area (Å²) < 4.78 is 25.9. The molecule has 0 fully saturated rings. The molecule has 0 saturated heterocycles. The van der Waals surface area contributed by atoms with Gasteiger partial charge < -0.3 is 19.5 Å². The number of nitrogens with zero attached hydrogens (tertiary/aromatic N) is 3. The molecule has 1 amide bonds. The number of halogens is 1. The largest absolute Gasteiger partial charge is 0.497 e. The predicted molar refractivity (Wildman–Crippen MR) is 105 cm³/mol. The van der Waals surface area contributed by atoms with E-state index in [0.29, 0.717) is 11.5 Å². The highest BCUT2D eigenvalue weighted by Crippen LogP contribution is 2.26. The molecule has 2 aromatic carbocycles. The van der Waals surface area contributed by atoms with Crippen LogP contribution in [0.3, 0.4) is 0 Å². The van der Waals surface area contributed by atoms with Gasteiger partial charge in [-0.25, -0.2) is 9.07 Å². The van der Waals surface area contributed by atoms with Crippen molar-refractivity contribution in [1.82, 2.24) is 14.7 Å². The van der Waals surface area contributed by atoms with Gasteiger partial charge in [0.1, 0.15) is 23.0 Å². The Morgan fingerprint density at radius 3 is 2.66 bits per heavy atom. The molecule has 1 aromatic heterocycles. The molecule has 3 rings (SSSR count). The first-order chi connectivity index (χ1) is 14.1. The lowest BCUT2D eigenvalue weighted by Crippen LogP contribution is -2.33. The molecule has 0 aliphatic carbocycles. The number of carbonyl (C=O) groups is 1. The molecule has 1 heterocycles. The summed E-state index contributed by atoms with van der Waals surface area (Å²) >= 11 is 0. The van der Waals surface area contributed by atoms with Gasteiger partial charge in [-0.1, -0.05) is 12.1 Å². The third-order valence-electron chi connectivity index (χ3n) is 4.42. The van der Waals surface area contributed by atoms with E-state index < -0.39 is 5.82 Å². The fraction of sp³-hybridized carbons (Fsp3) is 0.238. The summed E-state index contributed by atoms with van der Waals surface area (Å²) in [6.07, 6.45) is 1.52. The smallest absolute Gasteiger partial charge is 0.274 e. The monoisotopic (exact) mass is 399 g/mol. The van der Waals surface area contributed by atoms with Gasteiger partial charge in [-0.3, -0.25) is 4.79 Å². The number of benzene rings is 2. The highest BCUT2D eigenvalue weighted by molar-refractivity contribution is 5.92. The molecule has 152 valence electrons. The van der Waals surface area contributed by atoms with E-state index >= 15 is 0 Å². The van der Waals surface area contributed by atoms with Crippen LogP contribution in [0.2, 0.25) is 0 Å². The maximum atomic E-state index is 14.0. The molecule has 0 unspecified atom stereocenters. The van der Waals surface area contributed by atoms with Crippen LogP contribution in [-0.4, -0.2) is 53.1 Å². The van der Waals surface area contributed by atoms with Gasteiger partial charge in [0.05, 0.1) is 20.8 Å². The van der Waals surface area contributed by atoms with Crippen molar-refractivity contribution in [2.24, 2.45) is 0 Å². The lowest BCUT2D eigenvalue weighted by atomic mass is 10.1. The first-order valence-corrected chi connectivity index (χ1v) is 8.99. The second kappa shape index (κ2) is 9.20. The number of rotatable bonds is 8. The van der Waals surface area contributed by atoms with Crippen molar-refractivity contribution in [1.29, 1.82) is 0 Å². The van der Waals surface area contributed by atoms with E-state index in [1.165, 1.54) is 35.0 Å². The van der Waals surface area contributed by atoms with E-state index in [1.807, 2.05) is 0 Å². The van der Waals surface area contributed by atoms with Crippen LogP contribution >= 0.6 is 0 Å². The maximum absolute atomic E-state index is 14.0. The molecule has 3 aromatic rings. The van der Waals surface area contributed by atoms with Crippen LogP contribution in [0.15, 0.2) is 54.7 Å². The summed E-state index contributed by atoms with van der Waals surface area (Å²) in [5, 5.41) is 13.6. The molecule has 1 N–H and O–H groups in total. The van der Waals surface area contributed by atoms with Gasteiger partial charge in [0.25, 0.3) is 5.91 Å². The van der Waals surface area contributed by atoms with Gasteiger partial charge in [0.15, 0.2) is 5.69 Å². The highest BCUT2D eigenvalue weighted by Gasteiger charge is 2.21. The fourth-order valence-electron chi connectivity index (χ4n) is 2.93. The topological polar surface area (TPSA) is 76.8 Å². The Labute approximate surface area is 167 Å². The van der Waals surface area contributed by atoms with Crippen LogP contribution in [0.5, 0.6) is 11.5 Å². The van der Waals surface area contributed by atoms with E-state index in [2.05, 4.69) is 5.10 Å².